The van der Waals surface area contributed by atoms with Crippen molar-refractivity contribution in [2.75, 3.05) is 11.9 Å². The first-order valence-corrected chi connectivity index (χ1v) is 6.93. The molecule has 0 unspecified atom stereocenters. The van der Waals surface area contributed by atoms with E-state index in [1.165, 1.54) is 0 Å². The fraction of sp³-hybridized carbons (Fsp3) is 0.133. The summed E-state index contributed by atoms with van der Waals surface area (Å²) < 4.78 is 0.960. The molecular formula is C15H12BrClN2. The minimum absolute atomic E-state index is 0.658. The van der Waals surface area contributed by atoms with Crippen molar-refractivity contribution >= 4 is 33.2 Å². The Morgan fingerprint density at radius 1 is 1.26 bits per heavy atom. The molecule has 2 aromatic rings. The Bertz CT molecular complexity index is 634. The van der Waals surface area contributed by atoms with Crippen molar-refractivity contribution in [2.24, 2.45) is 0 Å². The molecule has 19 heavy (non-hydrogen) atoms. The summed E-state index contributed by atoms with van der Waals surface area (Å²) >= 11 is 9.60. The molecule has 0 saturated carbocycles. The Balaban J connectivity index is 2.26. The molecular weight excluding hydrogens is 324 g/mol. The van der Waals surface area contributed by atoms with E-state index in [9.17, 15) is 0 Å². The molecule has 96 valence electrons. The van der Waals surface area contributed by atoms with Gasteiger partial charge < -0.3 is 4.90 Å². The number of hydrogen-bond donors (Lipinski definition) is 0. The van der Waals surface area contributed by atoms with Gasteiger partial charge in [-0.2, -0.15) is 5.26 Å². The third-order valence-electron chi connectivity index (χ3n) is 2.86. The number of nitriles is 1. The summed E-state index contributed by atoms with van der Waals surface area (Å²) in [5.74, 6) is 0. The first-order valence-electron chi connectivity index (χ1n) is 5.76. The molecule has 0 radical (unpaired) electrons. The molecule has 2 aromatic carbocycles. The largest absolute Gasteiger partial charge is 0.369 e. The van der Waals surface area contributed by atoms with E-state index in [0.29, 0.717) is 12.1 Å². The second kappa shape index (κ2) is 6.10. The Hall–Kier alpha value is -1.50. The van der Waals surface area contributed by atoms with Gasteiger partial charge >= 0.3 is 0 Å². The lowest BCUT2D eigenvalue weighted by atomic mass is 10.1. The van der Waals surface area contributed by atoms with Crippen LogP contribution in [0.3, 0.4) is 0 Å². The van der Waals surface area contributed by atoms with E-state index in [1.807, 2.05) is 54.4 Å². The monoisotopic (exact) mass is 334 g/mol. The van der Waals surface area contributed by atoms with Crippen LogP contribution in [-0.2, 0) is 6.54 Å². The zero-order chi connectivity index (χ0) is 13.8. The first kappa shape index (κ1) is 13.9. The molecule has 2 nitrogen and oxygen atoms in total. The number of hydrogen-bond acceptors (Lipinski definition) is 2. The van der Waals surface area contributed by atoms with E-state index in [2.05, 4.69) is 22.0 Å². The minimum Gasteiger partial charge on any atom is -0.369 e. The molecule has 0 saturated heterocycles. The molecule has 4 heteroatoms. The number of para-hydroxylation sites is 1. The zero-order valence-electron chi connectivity index (χ0n) is 10.4. The number of benzene rings is 2. The van der Waals surface area contributed by atoms with Gasteiger partial charge in [0.1, 0.15) is 6.07 Å². The van der Waals surface area contributed by atoms with Gasteiger partial charge in [0, 0.05) is 23.1 Å². The van der Waals surface area contributed by atoms with Crippen LogP contribution in [0.25, 0.3) is 0 Å². The van der Waals surface area contributed by atoms with Gasteiger partial charge in [-0.05, 0) is 29.8 Å². The highest BCUT2D eigenvalue weighted by Gasteiger charge is 2.09. The number of nitrogens with zero attached hydrogens (tertiary/aromatic N) is 2. The second-order valence-corrected chi connectivity index (χ2v) is 5.54. The van der Waals surface area contributed by atoms with Gasteiger partial charge in [-0.25, -0.2) is 0 Å². The molecule has 0 aliphatic carbocycles. The standard InChI is InChI=1S/C15H12BrClN2/c1-19(15-5-3-2-4-11(15)9-18)10-12-6-7-13(16)8-14(12)17/h2-8H,10H2,1H3. The third kappa shape index (κ3) is 3.28. The van der Waals surface area contributed by atoms with Crippen molar-refractivity contribution in [1.29, 1.82) is 5.26 Å². The van der Waals surface area contributed by atoms with Crippen LogP contribution in [-0.4, -0.2) is 7.05 Å². The van der Waals surface area contributed by atoms with Crippen LogP contribution in [0.5, 0.6) is 0 Å². The normalized spacial score (nSPS) is 10.0. The maximum atomic E-state index is 9.12. The fourth-order valence-corrected chi connectivity index (χ4v) is 2.62. The summed E-state index contributed by atoms with van der Waals surface area (Å²) in [6, 6.07) is 15.6. The Morgan fingerprint density at radius 3 is 2.68 bits per heavy atom. The second-order valence-electron chi connectivity index (χ2n) is 4.22. The molecule has 0 bridgehead atoms. The van der Waals surface area contributed by atoms with E-state index < -0.39 is 0 Å². The lowest BCUT2D eigenvalue weighted by Crippen LogP contribution is -2.17. The predicted octanol–water partition coefficient (Wildman–Crippen LogP) is 4.61. The van der Waals surface area contributed by atoms with Gasteiger partial charge in [0.05, 0.1) is 11.3 Å². The first-order chi connectivity index (χ1) is 9.11. The molecule has 0 spiro atoms. The fourth-order valence-electron chi connectivity index (χ4n) is 1.89. The van der Waals surface area contributed by atoms with Crippen LogP contribution in [0.2, 0.25) is 5.02 Å². The van der Waals surface area contributed by atoms with Gasteiger partial charge in [0.2, 0.25) is 0 Å². The molecule has 0 aliphatic heterocycles. The summed E-state index contributed by atoms with van der Waals surface area (Å²) in [5, 5.41) is 9.83. The van der Waals surface area contributed by atoms with Crippen molar-refractivity contribution in [3.63, 3.8) is 0 Å². The number of anilines is 1. The zero-order valence-corrected chi connectivity index (χ0v) is 12.7. The summed E-state index contributed by atoms with van der Waals surface area (Å²) in [4.78, 5) is 2.02. The maximum absolute atomic E-state index is 9.12. The van der Waals surface area contributed by atoms with Crippen molar-refractivity contribution in [1.82, 2.24) is 0 Å². The molecule has 0 amide bonds. The predicted molar refractivity (Wildman–Crippen MR) is 82.4 cm³/mol. The quantitative estimate of drug-likeness (QED) is 0.819. The van der Waals surface area contributed by atoms with E-state index in [1.54, 1.807) is 0 Å². The highest BCUT2D eigenvalue weighted by Crippen LogP contribution is 2.25. The molecule has 0 fully saturated rings. The van der Waals surface area contributed by atoms with E-state index >= 15 is 0 Å². The minimum atomic E-state index is 0.658. The smallest absolute Gasteiger partial charge is 0.101 e. The van der Waals surface area contributed by atoms with Crippen molar-refractivity contribution in [3.05, 3.63) is 63.1 Å². The lowest BCUT2D eigenvalue weighted by Gasteiger charge is -2.21. The van der Waals surface area contributed by atoms with Crippen LogP contribution in [0.15, 0.2) is 46.9 Å². The van der Waals surface area contributed by atoms with Crippen LogP contribution < -0.4 is 4.90 Å². The van der Waals surface area contributed by atoms with Gasteiger partial charge in [-0.15, -0.1) is 0 Å². The molecule has 0 aromatic heterocycles. The van der Waals surface area contributed by atoms with E-state index in [0.717, 1.165) is 20.7 Å². The maximum Gasteiger partial charge on any atom is 0.101 e. The SMILES string of the molecule is CN(Cc1ccc(Br)cc1Cl)c1ccccc1C#N. The average molecular weight is 336 g/mol. The topological polar surface area (TPSA) is 27.0 Å². The van der Waals surface area contributed by atoms with Gasteiger partial charge in [0.15, 0.2) is 0 Å². The summed E-state index contributed by atoms with van der Waals surface area (Å²) in [7, 11) is 1.95. The molecule has 0 heterocycles. The Labute approximate surface area is 126 Å². The van der Waals surface area contributed by atoms with Crippen LogP contribution >= 0.6 is 27.5 Å². The summed E-state index contributed by atoms with van der Waals surface area (Å²) in [6.45, 7) is 0.658. The Morgan fingerprint density at radius 2 is 2.00 bits per heavy atom. The van der Waals surface area contributed by atoms with Gasteiger partial charge in [-0.3, -0.25) is 0 Å². The van der Waals surface area contributed by atoms with E-state index in [4.69, 9.17) is 16.9 Å². The average Bonchev–Trinajstić information content (AvgIpc) is 2.41. The molecule has 0 N–H and O–H groups in total. The van der Waals surface area contributed by atoms with Crippen molar-refractivity contribution in [2.45, 2.75) is 6.54 Å². The van der Waals surface area contributed by atoms with Crippen LogP contribution in [0, 0.1) is 11.3 Å². The van der Waals surface area contributed by atoms with Crippen LogP contribution in [0.1, 0.15) is 11.1 Å². The van der Waals surface area contributed by atoms with Crippen LogP contribution in [0.4, 0.5) is 5.69 Å². The Kier molecular flexibility index (Phi) is 4.47. The highest BCUT2D eigenvalue weighted by atomic mass is 79.9. The molecule has 0 atom stereocenters. The van der Waals surface area contributed by atoms with E-state index in [-0.39, 0.29) is 0 Å². The van der Waals surface area contributed by atoms with Gasteiger partial charge in [0.25, 0.3) is 0 Å². The van der Waals surface area contributed by atoms with Crippen molar-refractivity contribution in [3.8, 4) is 6.07 Å². The summed E-state index contributed by atoms with van der Waals surface area (Å²) in [6.07, 6.45) is 0. The number of rotatable bonds is 3. The summed E-state index contributed by atoms with van der Waals surface area (Å²) in [5.41, 5.74) is 2.60. The lowest BCUT2D eigenvalue weighted by molar-refractivity contribution is 0.921. The number of halogens is 2. The van der Waals surface area contributed by atoms with Gasteiger partial charge in [-0.1, -0.05) is 45.7 Å². The molecule has 2 rings (SSSR count). The highest BCUT2D eigenvalue weighted by molar-refractivity contribution is 9.10. The van der Waals surface area contributed by atoms with Crippen molar-refractivity contribution < 1.29 is 0 Å². The molecule has 0 aliphatic rings. The third-order valence-corrected chi connectivity index (χ3v) is 3.70.